The van der Waals surface area contributed by atoms with Crippen LogP contribution >= 0.6 is 0 Å². The normalized spacial score (nSPS) is 22.1. The zero-order valence-corrected chi connectivity index (χ0v) is 9.10. The van der Waals surface area contributed by atoms with Crippen molar-refractivity contribution < 1.29 is 5.11 Å². The predicted octanol–water partition coefficient (Wildman–Crippen LogP) is 2.03. The molecule has 0 aliphatic carbocycles. The minimum Gasteiger partial charge on any atom is -0.396 e. The summed E-state index contributed by atoms with van der Waals surface area (Å²) in [4.78, 5) is 2.49. The molecule has 1 aliphatic heterocycles. The zero-order chi connectivity index (χ0) is 10.5. The Morgan fingerprint density at radius 2 is 2.07 bits per heavy atom. The van der Waals surface area contributed by atoms with Crippen molar-refractivity contribution in [1.82, 2.24) is 4.90 Å². The highest BCUT2D eigenvalue weighted by Crippen LogP contribution is 2.21. The van der Waals surface area contributed by atoms with Crippen molar-refractivity contribution in [3.8, 4) is 0 Å². The molecule has 2 heteroatoms. The molecule has 2 nitrogen and oxygen atoms in total. The Kier molecular flexibility index (Phi) is 3.75. The molecule has 1 N–H and O–H groups in total. The molecule has 0 bridgehead atoms. The van der Waals surface area contributed by atoms with Crippen LogP contribution in [0.4, 0.5) is 0 Å². The van der Waals surface area contributed by atoms with Crippen LogP contribution < -0.4 is 0 Å². The molecular formula is C13H19NO. The number of aliphatic hydroxyl groups excluding tert-OH is 1. The fourth-order valence-electron chi connectivity index (χ4n) is 2.40. The highest BCUT2D eigenvalue weighted by molar-refractivity contribution is 5.14. The first-order valence-electron chi connectivity index (χ1n) is 5.79. The molecule has 0 amide bonds. The van der Waals surface area contributed by atoms with Gasteiger partial charge in [0.05, 0.1) is 0 Å². The molecule has 1 aliphatic rings. The van der Waals surface area contributed by atoms with Crippen molar-refractivity contribution in [1.29, 1.82) is 0 Å². The molecule has 15 heavy (non-hydrogen) atoms. The van der Waals surface area contributed by atoms with Gasteiger partial charge < -0.3 is 5.11 Å². The van der Waals surface area contributed by atoms with Gasteiger partial charge in [-0.1, -0.05) is 30.3 Å². The summed E-state index contributed by atoms with van der Waals surface area (Å²) in [7, 11) is 0. The summed E-state index contributed by atoms with van der Waals surface area (Å²) in [5, 5.41) is 8.98. The number of likely N-dealkylation sites (tertiary alicyclic amines) is 1. The van der Waals surface area contributed by atoms with E-state index in [-0.39, 0.29) is 0 Å². The molecule has 1 unspecified atom stereocenters. The summed E-state index contributed by atoms with van der Waals surface area (Å²) in [6.45, 7) is 2.53. The number of rotatable bonds is 4. The van der Waals surface area contributed by atoms with Crippen LogP contribution in [-0.4, -0.2) is 29.2 Å². The SMILES string of the molecule is OCCC1CCCN1Cc1ccccc1. The van der Waals surface area contributed by atoms with E-state index in [0.29, 0.717) is 12.6 Å². The van der Waals surface area contributed by atoms with Gasteiger partial charge in [0.25, 0.3) is 0 Å². The average molecular weight is 205 g/mol. The van der Waals surface area contributed by atoms with Crippen molar-refractivity contribution in [2.75, 3.05) is 13.2 Å². The Hall–Kier alpha value is -0.860. The lowest BCUT2D eigenvalue weighted by Crippen LogP contribution is -2.29. The van der Waals surface area contributed by atoms with Crippen molar-refractivity contribution in [3.63, 3.8) is 0 Å². The zero-order valence-electron chi connectivity index (χ0n) is 9.10. The predicted molar refractivity (Wildman–Crippen MR) is 61.6 cm³/mol. The molecule has 1 aromatic carbocycles. The molecular weight excluding hydrogens is 186 g/mol. The lowest BCUT2D eigenvalue weighted by Gasteiger charge is -2.23. The van der Waals surface area contributed by atoms with E-state index in [4.69, 9.17) is 5.11 Å². The van der Waals surface area contributed by atoms with E-state index in [1.165, 1.54) is 24.9 Å². The molecule has 1 aromatic rings. The first kappa shape index (κ1) is 10.7. The van der Waals surface area contributed by atoms with Gasteiger partial charge in [-0.2, -0.15) is 0 Å². The summed E-state index contributed by atoms with van der Waals surface area (Å²) in [5.41, 5.74) is 1.38. The second-order valence-electron chi connectivity index (χ2n) is 4.26. The summed E-state index contributed by atoms with van der Waals surface area (Å²) in [6, 6.07) is 11.2. The molecule has 1 heterocycles. The van der Waals surface area contributed by atoms with Crippen LogP contribution in [-0.2, 0) is 6.54 Å². The second-order valence-corrected chi connectivity index (χ2v) is 4.26. The minimum absolute atomic E-state index is 0.315. The highest BCUT2D eigenvalue weighted by atomic mass is 16.3. The number of aliphatic hydroxyl groups is 1. The van der Waals surface area contributed by atoms with Gasteiger partial charge >= 0.3 is 0 Å². The molecule has 0 spiro atoms. The smallest absolute Gasteiger partial charge is 0.0445 e. The van der Waals surface area contributed by atoms with Crippen LogP contribution in [0.3, 0.4) is 0 Å². The van der Waals surface area contributed by atoms with E-state index >= 15 is 0 Å². The van der Waals surface area contributed by atoms with Gasteiger partial charge in [-0.3, -0.25) is 4.90 Å². The van der Waals surface area contributed by atoms with E-state index in [1.54, 1.807) is 0 Å². The van der Waals surface area contributed by atoms with E-state index < -0.39 is 0 Å². The number of nitrogens with zero attached hydrogens (tertiary/aromatic N) is 1. The van der Waals surface area contributed by atoms with E-state index in [2.05, 4.69) is 35.2 Å². The maximum atomic E-state index is 8.98. The molecule has 0 aromatic heterocycles. The van der Waals surface area contributed by atoms with E-state index in [9.17, 15) is 0 Å². The van der Waals surface area contributed by atoms with Crippen molar-refractivity contribution >= 4 is 0 Å². The van der Waals surface area contributed by atoms with Crippen LogP contribution in [0.5, 0.6) is 0 Å². The Morgan fingerprint density at radius 3 is 2.80 bits per heavy atom. The third-order valence-electron chi connectivity index (χ3n) is 3.19. The molecule has 0 radical (unpaired) electrons. The van der Waals surface area contributed by atoms with Gasteiger partial charge in [-0.05, 0) is 31.4 Å². The molecule has 1 atom stereocenters. The maximum absolute atomic E-state index is 8.98. The van der Waals surface area contributed by atoms with Crippen LogP contribution in [0.25, 0.3) is 0 Å². The van der Waals surface area contributed by atoms with Crippen molar-refractivity contribution in [2.45, 2.75) is 31.8 Å². The minimum atomic E-state index is 0.315. The summed E-state index contributed by atoms with van der Waals surface area (Å²) < 4.78 is 0. The Balaban J connectivity index is 1.93. The molecule has 1 fully saturated rings. The van der Waals surface area contributed by atoms with Crippen LogP contribution in [0, 0.1) is 0 Å². The van der Waals surface area contributed by atoms with Crippen molar-refractivity contribution in [3.05, 3.63) is 35.9 Å². The second kappa shape index (κ2) is 5.29. The van der Waals surface area contributed by atoms with Gasteiger partial charge in [-0.15, -0.1) is 0 Å². The third-order valence-corrected chi connectivity index (χ3v) is 3.19. The van der Waals surface area contributed by atoms with Gasteiger partial charge in [-0.25, -0.2) is 0 Å². The number of benzene rings is 1. The standard InChI is InChI=1S/C13H19NO/c15-10-8-13-7-4-9-14(13)11-12-5-2-1-3-6-12/h1-3,5-6,13,15H,4,7-11H2. The Morgan fingerprint density at radius 1 is 1.27 bits per heavy atom. The van der Waals surface area contributed by atoms with Crippen LogP contribution in [0.2, 0.25) is 0 Å². The molecule has 82 valence electrons. The Bertz CT molecular complexity index is 286. The quantitative estimate of drug-likeness (QED) is 0.813. The first-order chi connectivity index (χ1) is 7.40. The van der Waals surface area contributed by atoms with Crippen molar-refractivity contribution in [2.24, 2.45) is 0 Å². The van der Waals surface area contributed by atoms with E-state index in [0.717, 1.165) is 13.0 Å². The summed E-state index contributed by atoms with van der Waals surface area (Å²) >= 11 is 0. The average Bonchev–Trinajstić information content (AvgIpc) is 2.68. The monoisotopic (exact) mass is 205 g/mol. The van der Waals surface area contributed by atoms with Gasteiger partial charge in [0.1, 0.15) is 0 Å². The third kappa shape index (κ3) is 2.80. The van der Waals surface area contributed by atoms with Gasteiger partial charge in [0.15, 0.2) is 0 Å². The fraction of sp³-hybridized carbons (Fsp3) is 0.538. The highest BCUT2D eigenvalue weighted by Gasteiger charge is 2.23. The lowest BCUT2D eigenvalue weighted by molar-refractivity contribution is 0.190. The maximum Gasteiger partial charge on any atom is 0.0445 e. The van der Waals surface area contributed by atoms with Crippen LogP contribution in [0.1, 0.15) is 24.8 Å². The molecule has 0 saturated carbocycles. The van der Waals surface area contributed by atoms with E-state index in [1.807, 2.05) is 0 Å². The largest absolute Gasteiger partial charge is 0.396 e. The van der Waals surface area contributed by atoms with Gasteiger partial charge in [0, 0.05) is 19.2 Å². The summed E-state index contributed by atoms with van der Waals surface area (Å²) in [6.07, 6.45) is 3.44. The number of hydrogen-bond donors (Lipinski definition) is 1. The Labute approximate surface area is 91.5 Å². The fourth-order valence-corrected chi connectivity index (χ4v) is 2.40. The topological polar surface area (TPSA) is 23.5 Å². The number of hydrogen-bond acceptors (Lipinski definition) is 2. The first-order valence-corrected chi connectivity index (χ1v) is 5.79. The molecule has 2 rings (SSSR count). The van der Waals surface area contributed by atoms with Gasteiger partial charge in [0.2, 0.25) is 0 Å². The summed E-state index contributed by atoms with van der Waals surface area (Å²) in [5.74, 6) is 0. The molecule has 1 saturated heterocycles. The van der Waals surface area contributed by atoms with Crippen LogP contribution in [0.15, 0.2) is 30.3 Å². The lowest BCUT2D eigenvalue weighted by atomic mass is 10.1.